The highest BCUT2D eigenvalue weighted by atomic mass is 35.5. The van der Waals surface area contributed by atoms with Gasteiger partial charge in [-0.3, -0.25) is 4.79 Å². The number of benzene rings is 1. The number of hydrogen-bond donors (Lipinski definition) is 1. The molecule has 4 saturated carbocycles. The summed E-state index contributed by atoms with van der Waals surface area (Å²) in [7, 11) is 0. The van der Waals surface area contributed by atoms with Gasteiger partial charge in [0.15, 0.2) is 0 Å². The average molecular weight is 336 g/mol. The predicted octanol–water partition coefficient (Wildman–Crippen LogP) is 4.82. The van der Waals surface area contributed by atoms with Crippen molar-refractivity contribution in [3.8, 4) is 0 Å². The molecule has 1 amide bonds. The quantitative estimate of drug-likeness (QED) is 0.840. The van der Waals surface area contributed by atoms with Crippen LogP contribution in [0.25, 0.3) is 0 Å². The second-order valence-electron chi connectivity index (χ2n) is 8.05. The van der Waals surface area contributed by atoms with Crippen molar-refractivity contribution in [3.63, 3.8) is 0 Å². The molecule has 0 aromatic heterocycles. The van der Waals surface area contributed by atoms with Crippen LogP contribution in [0.15, 0.2) is 18.2 Å². The first-order valence-corrected chi connectivity index (χ1v) is 9.14. The SMILES string of the molecule is O=C(NCCC12CC3CC(CC(C3)C1)C2)c1ccc(F)cc1Cl. The van der Waals surface area contributed by atoms with Gasteiger partial charge in [-0.15, -0.1) is 0 Å². The molecule has 2 nitrogen and oxygen atoms in total. The molecule has 4 fully saturated rings. The van der Waals surface area contributed by atoms with Crippen molar-refractivity contribution in [3.05, 3.63) is 34.6 Å². The number of amides is 1. The molecule has 23 heavy (non-hydrogen) atoms. The Morgan fingerprint density at radius 1 is 1.17 bits per heavy atom. The Labute approximate surface area is 141 Å². The van der Waals surface area contributed by atoms with Crippen LogP contribution in [-0.2, 0) is 0 Å². The minimum atomic E-state index is -0.417. The van der Waals surface area contributed by atoms with Gasteiger partial charge in [0.05, 0.1) is 10.6 Å². The fourth-order valence-corrected chi connectivity index (χ4v) is 6.06. The molecule has 0 radical (unpaired) electrons. The van der Waals surface area contributed by atoms with Crippen LogP contribution in [0.4, 0.5) is 4.39 Å². The Morgan fingerprint density at radius 2 is 1.78 bits per heavy atom. The van der Waals surface area contributed by atoms with E-state index in [1.54, 1.807) is 0 Å². The number of rotatable bonds is 4. The van der Waals surface area contributed by atoms with Gasteiger partial charge < -0.3 is 5.32 Å². The zero-order valence-corrected chi connectivity index (χ0v) is 14.0. The molecule has 0 heterocycles. The van der Waals surface area contributed by atoms with Gasteiger partial charge in [-0.1, -0.05) is 11.6 Å². The van der Waals surface area contributed by atoms with E-state index in [2.05, 4.69) is 5.32 Å². The van der Waals surface area contributed by atoms with E-state index in [0.29, 0.717) is 17.5 Å². The highest BCUT2D eigenvalue weighted by molar-refractivity contribution is 6.33. The highest BCUT2D eigenvalue weighted by Gasteiger charge is 2.50. The molecule has 4 aliphatic rings. The third-order valence-corrected chi connectivity index (χ3v) is 6.59. The molecule has 0 atom stereocenters. The largest absolute Gasteiger partial charge is 0.352 e. The second kappa shape index (κ2) is 5.77. The Morgan fingerprint density at radius 3 is 2.35 bits per heavy atom. The van der Waals surface area contributed by atoms with E-state index in [0.717, 1.165) is 24.2 Å². The zero-order chi connectivity index (χ0) is 16.0. The Hall–Kier alpha value is -1.09. The lowest BCUT2D eigenvalue weighted by Gasteiger charge is -2.57. The van der Waals surface area contributed by atoms with E-state index < -0.39 is 5.82 Å². The number of hydrogen-bond acceptors (Lipinski definition) is 1. The van der Waals surface area contributed by atoms with E-state index in [-0.39, 0.29) is 10.9 Å². The molecule has 1 aromatic rings. The summed E-state index contributed by atoms with van der Waals surface area (Å²) in [5.74, 6) is 2.19. The van der Waals surface area contributed by atoms with Crippen LogP contribution in [0.1, 0.15) is 55.3 Å². The molecular formula is C19H23ClFNO. The van der Waals surface area contributed by atoms with Crippen molar-refractivity contribution < 1.29 is 9.18 Å². The number of nitrogens with one attached hydrogen (secondary N) is 1. The summed E-state index contributed by atoms with van der Waals surface area (Å²) in [4.78, 5) is 12.2. The molecule has 124 valence electrons. The van der Waals surface area contributed by atoms with Gasteiger partial charge in [0, 0.05) is 6.54 Å². The van der Waals surface area contributed by atoms with E-state index in [1.165, 1.54) is 56.7 Å². The van der Waals surface area contributed by atoms with E-state index in [9.17, 15) is 9.18 Å². The third kappa shape index (κ3) is 3.00. The Balaban J connectivity index is 1.36. The lowest BCUT2D eigenvalue weighted by molar-refractivity contribution is -0.0564. The Bertz CT molecular complexity index is 595. The van der Waals surface area contributed by atoms with Gasteiger partial charge in [0.1, 0.15) is 5.82 Å². The van der Waals surface area contributed by atoms with E-state index in [4.69, 9.17) is 11.6 Å². The summed E-state index contributed by atoms with van der Waals surface area (Å²) in [6.45, 7) is 0.693. The summed E-state index contributed by atoms with van der Waals surface area (Å²) >= 11 is 5.96. The molecule has 0 aliphatic heterocycles. The Kier molecular flexibility index (Phi) is 3.87. The first-order chi connectivity index (χ1) is 11.0. The molecule has 1 aromatic carbocycles. The van der Waals surface area contributed by atoms with Crippen molar-refractivity contribution in [1.82, 2.24) is 5.32 Å². The monoisotopic (exact) mass is 335 g/mol. The van der Waals surface area contributed by atoms with E-state index in [1.807, 2.05) is 0 Å². The van der Waals surface area contributed by atoms with Crippen LogP contribution in [0.3, 0.4) is 0 Å². The fourth-order valence-electron chi connectivity index (χ4n) is 5.81. The summed E-state index contributed by atoms with van der Waals surface area (Å²) < 4.78 is 13.1. The maximum absolute atomic E-state index is 13.1. The van der Waals surface area contributed by atoms with Gasteiger partial charge in [-0.2, -0.15) is 0 Å². The van der Waals surface area contributed by atoms with Crippen molar-refractivity contribution in [1.29, 1.82) is 0 Å². The van der Waals surface area contributed by atoms with Crippen LogP contribution in [0.2, 0.25) is 5.02 Å². The van der Waals surface area contributed by atoms with Crippen molar-refractivity contribution >= 4 is 17.5 Å². The van der Waals surface area contributed by atoms with Crippen LogP contribution >= 0.6 is 11.6 Å². The number of carbonyl (C=O) groups excluding carboxylic acids is 1. The molecule has 4 aliphatic carbocycles. The lowest BCUT2D eigenvalue weighted by atomic mass is 9.49. The normalized spacial score (nSPS) is 34.6. The molecule has 4 heteroatoms. The summed E-state index contributed by atoms with van der Waals surface area (Å²) in [5.41, 5.74) is 0.827. The summed E-state index contributed by atoms with van der Waals surface area (Å²) in [6.07, 6.45) is 9.45. The van der Waals surface area contributed by atoms with Gasteiger partial charge in [-0.25, -0.2) is 4.39 Å². The highest BCUT2D eigenvalue weighted by Crippen LogP contribution is 2.61. The summed E-state index contributed by atoms with van der Waals surface area (Å²) in [5, 5.41) is 3.17. The van der Waals surface area contributed by atoms with Crippen molar-refractivity contribution in [2.24, 2.45) is 23.2 Å². The minimum absolute atomic E-state index is 0.178. The number of carbonyl (C=O) groups is 1. The minimum Gasteiger partial charge on any atom is -0.352 e. The first-order valence-electron chi connectivity index (χ1n) is 8.76. The van der Waals surface area contributed by atoms with Gasteiger partial charge >= 0.3 is 0 Å². The topological polar surface area (TPSA) is 29.1 Å². The molecule has 5 rings (SSSR count). The average Bonchev–Trinajstić information content (AvgIpc) is 2.45. The maximum Gasteiger partial charge on any atom is 0.252 e. The molecule has 0 saturated heterocycles. The predicted molar refractivity (Wildman–Crippen MR) is 89.0 cm³/mol. The maximum atomic E-state index is 13.1. The van der Waals surface area contributed by atoms with Crippen LogP contribution < -0.4 is 5.32 Å². The van der Waals surface area contributed by atoms with Gasteiger partial charge in [0.25, 0.3) is 5.91 Å². The second-order valence-corrected chi connectivity index (χ2v) is 8.45. The zero-order valence-electron chi connectivity index (χ0n) is 13.3. The smallest absolute Gasteiger partial charge is 0.252 e. The molecule has 0 unspecified atom stereocenters. The summed E-state index contributed by atoms with van der Waals surface area (Å²) in [6, 6.07) is 3.92. The first kappa shape index (κ1) is 15.4. The van der Waals surface area contributed by atoms with E-state index >= 15 is 0 Å². The van der Waals surface area contributed by atoms with Crippen molar-refractivity contribution in [2.75, 3.05) is 6.54 Å². The lowest BCUT2D eigenvalue weighted by Crippen LogP contribution is -2.47. The molecule has 1 N–H and O–H groups in total. The van der Waals surface area contributed by atoms with Crippen molar-refractivity contribution in [2.45, 2.75) is 44.9 Å². The molecule has 4 bridgehead atoms. The molecule has 0 spiro atoms. The van der Waals surface area contributed by atoms with Crippen LogP contribution in [0.5, 0.6) is 0 Å². The standard InChI is InChI=1S/C19H23ClFNO/c20-17-8-15(21)1-2-16(17)18(23)22-4-3-19-9-12-5-13(10-19)7-14(6-12)11-19/h1-2,8,12-14H,3-7,9-11H2,(H,22,23). The third-order valence-electron chi connectivity index (χ3n) is 6.28. The van der Waals surface area contributed by atoms with Gasteiger partial charge in [-0.05, 0) is 86.3 Å². The molecular weight excluding hydrogens is 313 g/mol. The number of halogens is 2. The van der Waals surface area contributed by atoms with Crippen LogP contribution in [-0.4, -0.2) is 12.5 Å². The van der Waals surface area contributed by atoms with Gasteiger partial charge in [0.2, 0.25) is 0 Å². The fraction of sp³-hybridized carbons (Fsp3) is 0.632. The van der Waals surface area contributed by atoms with Crippen LogP contribution in [0, 0.1) is 29.0 Å².